The molecule has 0 saturated heterocycles. The predicted octanol–water partition coefficient (Wildman–Crippen LogP) is 5.21. The minimum atomic E-state index is 0.728. The second kappa shape index (κ2) is 5.50. The average molecular weight is 393 g/mol. The fourth-order valence-electron chi connectivity index (χ4n) is 2.04. The molecule has 0 unspecified atom stereocenters. The SMILES string of the molecule is Cc1nc(Br)cc(Nc2ccc3cc(Br)ccc3c2)n1. The van der Waals surface area contributed by atoms with Crippen molar-refractivity contribution in [1.29, 1.82) is 0 Å². The summed E-state index contributed by atoms with van der Waals surface area (Å²) in [6.07, 6.45) is 0. The maximum absolute atomic E-state index is 4.36. The van der Waals surface area contributed by atoms with Crippen LogP contribution in [-0.2, 0) is 0 Å². The second-order valence-corrected chi connectivity index (χ2v) is 6.18. The van der Waals surface area contributed by atoms with E-state index >= 15 is 0 Å². The summed E-state index contributed by atoms with van der Waals surface area (Å²) in [6.45, 7) is 1.87. The number of hydrogen-bond acceptors (Lipinski definition) is 3. The van der Waals surface area contributed by atoms with Crippen molar-refractivity contribution in [2.45, 2.75) is 6.92 Å². The van der Waals surface area contributed by atoms with Crippen molar-refractivity contribution in [2.24, 2.45) is 0 Å². The van der Waals surface area contributed by atoms with Crippen molar-refractivity contribution in [3.63, 3.8) is 0 Å². The second-order valence-electron chi connectivity index (χ2n) is 4.45. The first-order chi connectivity index (χ1) is 9.60. The van der Waals surface area contributed by atoms with E-state index in [1.54, 1.807) is 0 Å². The summed E-state index contributed by atoms with van der Waals surface area (Å²) >= 11 is 6.86. The van der Waals surface area contributed by atoms with Gasteiger partial charge in [-0.1, -0.05) is 28.1 Å². The molecular weight excluding hydrogens is 382 g/mol. The summed E-state index contributed by atoms with van der Waals surface area (Å²) in [5.41, 5.74) is 1.00. The molecule has 3 aromatic rings. The summed E-state index contributed by atoms with van der Waals surface area (Å²) < 4.78 is 1.86. The number of aryl methyl sites for hydroxylation is 1. The number of halogens is 2. The fraction of sp³-hybridized carbons (Fsp3) is 0.0667. The predicted molar refractivity (Wildman–Crippen MR) is 89.4 cm³/mol. The lowest BCUT2D eigenvalue weighted by Gasteiger charge is -2.08. The summed E-state index contributed by atoms with van der Waals surface area (Å²) in [5, 5.41) is 5.68. The van der Waals surface area contributed by atoms with Crippen molar-refractivity contribution < 1.29 is 0 Å². The van der Waals surface area contributed by atoms with Crippen LogP contribution in [0.2, 0.25) is 0 Å². The highest BCUT2D eigenvalue weighted by Gasteiger charge is 2.02. The maximum Gasteiger partial charge on any atom is 0.135 e. The largest absolute Gasteiger partial charge is 0.340 e. The van der Waals surface area contributed by atoms with Gasteiger partial charge in [-0.15, -0.1) is 0 Å². The molecule has 1 heterocycles. The molecule has 2 aromatic carbocycles. The van der Waals surface area contributed by atoms with Crippen molar-refractivity contribution >= 4 is 54.1 Å². The van der Waals surface area contributed by atoms with Gasteiger partial charge in [0.1, 0.15) is 16.2 Å². The number of fused-ring (bicyclic) bond motifs is 1. The minimum Gasteiger partial charge on any atom is -0.340 e. The average Bonchev–Trinajstić information content (AvgIpc) is 2.38. The number of nitrogens with zero attached hydrogens (tertiary/aromatic N) is 2. The molecule has 0 bridgehead atoms. The van der Waals surface area contributed by atoms with Gasteiger partial charge in [0.05, 0.1) is 0 Å². The topological polar surface area (TPSA) is 37.8 Å². The summed E-state index contributed by atoms with van der Waals surface area (Å²) in [6, 6.07) is 14.3. The zero-order valence-corrected chi connectivity index (χ0v) is 13.9. The van der Waals surface area contributed by atoms with Gasteiger partial charge in [0.25, 0.3) is 0 Å². The van der Waals surface area contributed by atoms with Crippen LogP contribution >= 0.6 is 31.9 Å². The molecule has 0 aliphatic carbocycles. The maximum atomic E-state index is 4.36. The van der Waals surface area contributed by atoms with E-state index in [2.05, 4.69) is 71.4 Å². The number of benzene rings is 2. The van der Waals surface area contributed by atoms with E-state index < -0.39 is 0 Å². The third kappa shape index (κ3) is 2.99. The molecule has 0 aliphatic rings. The van der Waals surface area contributed by atoms with Gasteiger partial charge in [0, 0.05) is 16.2 Å². The standard InChI is InChI=1S/C15H11Br2N3/c1-9-18-14(17)8-15(19-9)20-13-5-3-10-6-12(16)4-2-11(10)7-13/h2-8H,1H3,(H,18,19,20). The first kappa shape index (κ1) is 13.5. The first-order valence-corrected chi connectivity index (χ1v) is 7.66. The van der Waals surface area contributed by atoms with Crippen LogP contribution in [0, 0.1) is 6.92 Å². The molecule has 100 valence electrons. The molecule has 0 fully saturated rings. The van der Waals surface area contributed by atoms with Gasteiger partial charge in [0.2, 0.25) is 0 Å². The lowest BCUT2D eigenvalue weighted by Crippen LogP contribution is -1.97. The van der Waals surface area contributed by atoms with Gasteiger partial charge in [-0.2, -0.15) is 0 Å². The molecule has 20 heavy (non-hydrogen) atoms. The zero-order valence-electron chi connectivity index (χ0n) is 10.7. The van der Waals surface area contributed by atoms with E-state index in [4.69, 9.17) is 0 Å². The normalized spacial score (nSPS) is 10.8. The summed E-state index contributed by atoms with van der Waals surface area (Å²) in [4.78, 5) is 8.56. The van der Waals surface area contributed by atoms with E-state index in [0.717, 1.165) is 26.4 Å². The van der Waals surface area contributed by atoms with Gasteiger partial charge in [-0.05, 0) is 57.9 Å². The van der Waals surface area contributed by atoms with Gasteiger partial charge >= 0.3 is 0 Å². The Hall–Kier alpha value is -1.46. The number of rotatable bonds is 2. The van der Waals surface area contributed by atoms with Crippen LogP contribution in [-0.4, -0.2) is 9.97 Å². The van der Waals surface area contributed by atoms with E-state index in [-0.39, 0.29) is 0 Å². The molecule has 0 saturated carbocycles. The molecule has 1 aromatic heterocycles. The molecule has 0 aliphatic heterocycles. The number of aromatic nitrogens is 2. The first-order valence-electron chi connectivity index (χ1n) is 6.08. The summed E-state index contributed by atoms with van der Waals surface area (Å²) in [5.74, 6) is 1.51. The van der Waals surface area contributed by atoms with Crippen LogP contribution in [0.4, 0.5) is 11.5 Å². The Balaban J connectivity index is 1.96. The Morgan fingerprint density at radius 1 is 0.900 bits per heavy atom. The molecule has 0 spiro atoms. The van der Waals surface area contributed by atoms with Crippen LogP contribution in [0.3, 0.4) is 0 Å². The fourth-order valence-corrected chi connectivity index (χ4v) is 2.89. The van der Waals surface area contributed by atoms with E-state index in [1.165, 1.54) is 10.8 Å². The molecule has 5 heteroatoms. The quantitative estimate of drug-likeness (QED) is 0.608. The molecule has 3 nitrogen and oxygen atoms in total. The lowest BCUT2D eigenvalue weighted by molar-refractivity contribution is 1.04. The van der Waals surface area contributed by atoms with Gasteiger partial charge < -0.3 is 5.32 Å². The lowest BCUT2D eigenvalue weighted by atomic mass is 10.1. The number of hydrogen-bond donors (Lipinski definition) is 1. The van der Waals surface area contributed by atoms with Crippen LogP contribution in [0.15, 0.2) is 51.5 Å². The number of anilines is 2. The number of nitrogens with one attached hydrogen (secondary N) is 1. The van der Waals surface area contributed by atoms with E-state index in [1.807, 2.05) is 25.1 Å². The van der Waals surface area contributed by atoms with Crippen molar-refractivity contribution in [3.8, 4) is 0 Å². The van der Waals surface area contributed by atoms with Crippen molar-refractivity contribution in [1.82, 2.24) is 9.97 Å². The molecule has 1 N–H and O–H groups in total. The molecule has 0 radical (unpaired) electrons. The molecule has 0 amide bonds. The van der Waals surface area contributed by atoms with E-state index in [0.29, 0.717) is 0 Å². The Kier molecular flexibility index (Phi) is 3.72. The summed E-state index contributed by atoms with van der Waals surface area (Å²) in [7, 11) is 0. The highest BCUT2D eigenvalue weighted by atomic mass is 79.9. The third-order valence-electron chi connectivity index (χ3n) is 2.88. The Labute approximate surface area is 133 Å². The van der Waals surface area contributed by atoms with E-state index in [9.17, 15) is 0 Å². The van der Waals surface area contributed by atoms with Crippen LogP contribution in [0.5, 0.6) is 0 Å². The van der Waals surface area contributed by atoms with Crippen LogP contribution in [0.1, 0.15) is 5.82 Å². The smallest absolute Gasteiger partial charge is 0.135 e. The zero-order chi connectivity index (χ0) is 14.1. The van der Waals surface area contributed by atoms with Crippen LogP contribution in [0.25, 0.3) is 10.8 Å². The molecule has 3 rings (SSSR count). The minimum absolute atomic E-state index is 0.728. The monoisotopic (exact) mass is 391 g/mol. The van der Waals surface area contributed by atoms with Crippen molar-refractivity contribution in [3.05, 3.63) is 57.4 Å². The third-order valence-corrected chi connectivity index (χ3v) is 3.78. The highest BCUT2D eigenvalue weighted by molar-refractivity contribution is 9.10. The van der Waals surface area contributed by atoms with Gasteiger partial charge in [-0.3, -0.25) is 0 Å². The van der Waals surface area contributed by atoms with Gasteiger partial charge in [-0.25, -0.2) is 9.97 Å². The highest BCUT2D eigenvalue weighted by Crippen LogP contribution is 2.25. The molecular formula is C15H11Br2N3. The Morgan fingerprint density at radius 2 is 1.65 bits per heavy atom. The molecule has 0 atom stereocenters. The van der Waals surface area contributed by atoms with Crippen LogP contribution < -0.4 is 5.32 Å². The Bertz CT molecular complexity index is 767. The van der Waals surface area contributed by atoms with Gasteiger partial charge in [0.15, 0.2) is 0 Å². The Morgan fingerprint density at radius 3 is 2.45 bits per heavy atom. The van der Waals surface area contributed by atoms with Crippen molar-refractivity contribution in [2.75, 3.05) is 5.32 Å².